The second kappa shape index (κ2) is 10.4. The van der Waals surface area contributed by atoms with Gasteiger partial charge in [-0.3, -0.25) is 14.5 Å². The van der Waals surface area contributed by atoms with Gasteiger partial charge in [0.1, 0.15) is 0 Å². The SMILES string of the molecule is CCN(CC)Cc1ccc(CNC(=O)c2ccc(NC(=O)c3ccco3)cc2)cc1. The summed E-state index contributed by atoms with van der Waals surface area (Å²) in [5.74, 6) is -0.257. The summed E-state index contributed by atoms with van der Waals surface area (Å²) in [5, 5.41) is 5.66. The molecule has 0 spiro atoms. The molecule has 1 aromatic heterocycles. The fourth-order valence-electron chi connectivity index (χ4n) is 3.06. The minimum atomic E-state index is -0.332. The fraction of sp³-hybridized carbons (Fsp3) is 0.250. The third kappa shape index (κ3) is 5.81. The number of rotatable bonds is 9. The molecule has 156 valence electrons. The molecule has 0 aliphatic rings. The Bertz CT molecular complexity index is 944. The molecule has 3 aromatic rings. The number of carbonyl (C=O) groups excluding carboxylic acids is 2. The van der Waals surface area contributed by atoms with E-state index in [0.29, 0.717) is 17.8 Å². The Morgan fingerprint density at radius 1 is 0.867 bits per heavy atom. The Balaban J connectivity index is 1.50. The summed E-state index contributed by atoms with van der Waals surface area (Å²) in [5.41, 5.74) is 3.44. The Hall–Kier alpha value is -3.38. The standard InChI is InChI=1S/C24H27N3O3/c1-3-27(4-2)17-19-9-7-18(8-10-19)16-25-23(28)20-11-13-21(14-12-20)26-24(29)22-6-5-15-30-22/h5-15H,3-4,16-17H2,1-2H3,(H,25,28)(H,26,29). The second-order valence-corrected chi connectivity index (χ2v) is 6.97. The number of nitrogens with one attached hydrogen (secondary N) is 2. The Kier molecular flexibility index (Phi) is 7.40. The zero-order chi connectivity index (χ0) is 21.3. The van der Waals surface area contributed by atoms with Crippen LogP contribution in [0.5, 0.6) is 0 Å². The molecule has 2 N–H and O–H groups in total. The topological polar surface area (TPSA) is 74.6 Å². The monoisotopic (exact) mass is 405 g/mol. The van der Waals surface area contributed by atoms with Crippen LogP contribution in [0.3, 0.4) is 0 Å². The normalized spacial score (nSPS) is 10.8. The zero-order valence-corrected chi connectivity index (χ0v) is 17.4. The number of benzene rings is 2. The molecule has 0 aliphatic carbocycles. The van der Waals surface area contributed by atoms with E-state index in [1.54, 1.807) is 36.4 Å². The molecule has 0 aliphatic heterocycles. The van der Waals surface area contributed by atoms with Crippen molar-refractivity contribution >= 4 is 17.5 Å². The number of hydrogen-bond donors (Lipinski definition) is 2. The van der Waals surface area contributed by atoms with Gasteiger partial charge in [0, 0.05) is 24.3 Å². The lowest BCUT2D eigenvalue weighted by atomic mass is 10.1. The predicted molar refractivity (Wildman–Crippen MR) is 117 cm³/mol. The number of carbonyl (C=O) groups is 2. The average molecular weight is 405 g/mol. The summed E-state index contributed by atoms with van der Waals surface area (Å²) in [6.45, 7) is 7.77. The van der Waals surface area contributed by atoms with Crippen LogP contribution in [0.2, 0.25) is 0 Å². The number of anilines is 1. The Morgan fingerprint density at radius 3 is 2.13 bits per heavy atom. The lowest BCUT2D eigenvalue weighted by Gasteiger charge is -2.18. The first-order valence-corrected chi connectivity index (χ1v) is 10.1. The van der Waals surface area contributed by atoms with Crippen LogP contribution in [-0.2, 0) is 13.1 Å². The molecule has 2 aromatic carbocycles. The molecule has 3 rings (SSSR count). The van der Waals surface area contributed by atoms with Gasteiger partial charge in [-0.05, 0) is 60.6 Å². The molecule has 0 radical (unpaired) electrons. The first-order valence-electron chi connectivity index (χ1n) is 10.1. The maximum Gasteiger partial charge on any atom is 0.291 e. The van der Waals surface area contributed by atoms with Gasteiger partial charge in [-0.25, -0.2) is 0 Å². The molecule has 0 bridgehead atoms. The smallest absolute Gasteiger partial charge is 0.291 e. The van der Waals surface area contributed by atoms with Crippen molar-refractivity contribution in [3.63, 3.8) is 0 Å². The van der Waals surface area contributed by atoms with E-state index >= 15 is 0 Å². The molecule has 0 atom stereocenters. The molecule has 0 saturated heterocycles. The van der Waals surface area contributed by atoms with Crippen molar-refractivity contribution in [3.8, 4) is 0 Å². The first-order chi connectivity index (χ1) is 14.6. The van der Waals surface area contributed by atoms with Gasteiger partial charge in [0.15, 0.2) is 5.76 Å². The van der Waals surface area contributed by atoms with E-state index < -0.39 is 0 Å². The summed E-state index contributed by atoms with van der Waals surface area (Å²) < 4.78 is 5.06. The van der Waals surface area contributed by atoms with Crippen molar-refractivity contribution in [1.82, 2.24) is 10.2 Å². The number of amides is 2. The van der Waals surface area contributed by atoms with Crippen molar-refractivity contribution in [3.05, 3.63) is 89.4 Å². The molecule has 2 amide bonds. The number of hydrogen-bond acceptors (Lipinski definition) is 4. The largest absolute Gasteiger partial charge is 0.459 e. The summed E-state index contributed by atoms with van der Waals surface area (Å²) in [7, 11) is 0. The van der Waals surface area contributed by atoms with Gasteiger partial charge >= 0.3 is 0 Å². The molecule has 6 heteroatoms. The van der Waals surface area contributed by atoms with Gasteiger partial charge < -0.3 is 15.1 Å². The van der Waals surface area contributed by atoms with Crippen molar-refractivity contribution < 1.29 is 14.0 Å². The highest BCUT2D eigenvalue weighted by Gasteiger charge is 2.10. The summed E-state index contributed by atoms with van der Waals surface area (Å²) in [4.78, 5) is 26.8. The lowest BCUT2D eigenvalue weighted by molar-refractivity contribution is 0.0950. The molecule has 6 nitrogen and oxygen atoms in total. The van der Waals surface area contributed by atoms with E-state index in [9.17, 15) is 9.59 Å². The molecule has 30 heavy (non-hydrogen) atoms. The molecule has 0 fully saturated rings. The van der Waals surface area contributed by atoms with E-state index in [-0.39, 0.29) is 17.6 Å². The first kappa shape index (κ1) is 21.3. The maximum atomic E-state index is 12.4. The molecular weight excluding hydrogens is 378 g/mol. The number of nitrogens with zero attached hydrogens (tertiary/aromatic N) is 1. The quantitative estimate of drug-likeness (QED) is 0.556. The van der Waals surface area contributed by atoms with E-state index in [1.807, 2.05) is 12.1 Å². The van der Waals surface area contributed by atoms with Crippen molar-refractivity contribution in [2.75, 3.05) is 18.4 Å². The van der Waals surface area contributed by atoms with Crippen molar-refractivity contribution in [2.45, 2.75) is 26.9 Å². The second-order valence-electron chi connectivity index (χ2n) is 6.97. The zero-order valence-electron chi connectivity index (χ0n) is 17.4. The average Bonchev–Trinajstić information content (AvgIpc) is 3.32. The van der Waals surface area contributed by atoms with Crippen molar-refractivity contribution in [2.24, 2.45) is 0 Å². The predicted octanol–water partition coefficient (Wildman–Crippen LogP) is 4.30. The molecular formula is C24H27N3O3. The van der Waals surface area contributed by atoms with Gasteiger partial charge in [-0.1, -0.05) is 38.1 Å². The molecule has 1 heterocycles. The van der Waals surface area contributed by atoms with Crippen LogP contribution in [-0.4, -0.2) is 29.8 Å². The third-order valence-electron chi connectivity index (χ3n) is 4.93. The van der Waals surface area contributed by atoms with Crippen LogP contribution < -0.4 is 10.6 Å². The third-order valence-corrected chi connectivity index (χ3v) is 4.93. The van der Waals surface area contributed by atoms with E-state index in [0.717, 1.165) is 25.2 Å². The highest BCUT2D eigenvalue weighted by Crippen LogP contribution is 2.12. The molecule has 0 unspecified atom stereocenters. The van der Waals surface area contributed by atoms with Crippen LogP contribution in [0.4, 0.5) is 5.69 Å². The van der Waals surface area contributed by atoms with Gasteiger partial charge in [-0.15, -0.1) is 0 Å². The van der Waals surface area contributed by atoms with Crippen LogP contribution in [0.25, 0.3) is 0 Å². The van der Waals surface area contributed by atoms with Crippen LogP contribution in [0.1, 0.15) is 45.9 Å². The van der Waals surface area contributed by atoms with Crippen LogP contribution in [0.15, 0.2) is 71.3 Å². The van der Waals surface area contributed by atoms with Gasteiger partial charge in [0.05, 0.1) is 6.26 Å². The Labute approximate surface area is 176 Å². The maximum absolute atomic E-state index is 12.4. The van der Waals surface area contributed by atoms with Gasteiger partial charge in [0.25, 0.3) is 11.8 Å². The summed E-state index contributed by atoms with van der Waals surface area (Å²) in [6, 6.07) is 18.3. The summed E-state index contributed by atoms with van der Waals surface area (Å²) in [6.07, 6.45) is 1.45. The summed E-state index contributed by atoms with van der Waals surface area (Å²) >= 11 is 0. The van der Waals surface area contributed by atoms with Gasteiger partial charge in [0.2, 0.25) is 0 Å². The van der Waals surface area contributed by atoms with E-state index in [4.69, 9.17) is 4.42 Å². The lowest BCUT2D eigenvalue weighted by Crippen LogP contribution is -2.23. The van der Waals surface area contributed by atoms with E-state index in [2.05, 4.69) is 41.5 Å². The number of furan rings is 1. The van der Waals surface area contributed by atoms with Gasteiger partial charge in [-0.2, -0.15) is 0 Å². The van der Waals surface area contributed by atoms with Crippen LogP contribution >= 0.6 is 0 Å². The molecule has 0 saturated carbocycles. The minimum absolute atomic E-state index is 0.161. The van der Waals surface area contributed by atoms with E-state index in [1.165, 1.54) is 11.8 Å². The highest BCUT2D eigenvalue weighted by molar-refractivity contribution is 6.02. The van der Waals surface area contributed by atoms with Crippen LogP contribution in [0, 0.1) is 0 Å². The highest BCUT2D eigenvalue weighted by atomic mass is 16.3. The van der Waals surface area contributed by atoms with Crippen molar-refractivity contribution in [1.29, 1.82) is 0 Å². The Morgan fingerprint density at radius 2 is 1.53 bits per heavy atom. The minimum Gasteiger partial charge on any atom is -0.459 e. The fourth-order valence-corrected chi connectivity index (χ4v) is 3.06.